The number of halogens is 1. The van der Waals surface area contributed by atoms with E-state index in [1.54, 1.807) is 7.05 Å². The second kappa shape index (κ2) is 8.69. The van der Waals surface area contributed by atoms with Crippen LogP contribution in [0.1, 0.15) is 41.8 Å². The summed E-state index contributed by atoms with van der Waals surface area (Å²) < 4.78 is 0. The second-order valence-corrected chi connectivity index (χ2v) is 8.02. The normalized spacial score (nSPS) is 16.1. The van der Waals surface area contributed by atoms with Crippen molar-refractivity contribution in [3.05, 3.63) is 45.6 Å². The summed E-state index contributed by atoms with van der Waals surface area (Å²) in [5.74, 6) is -0.0857. The monoisotopic (exact) mass is 390 g/mol. The molecule has 1 aromatic carbocycles. The summed E-state index contributed by atoms with van der Waals surface area (Å²) in [4.78, 5) is 25.6. The Morgan fingerprint density at radius 2 is 1.81 bits per heavy atom. The quantitative estimate of drug-likeness (QED) is 0.790. The molecule has 0 aliphatic heterocycles. The van der Waals surface area contributed by atoms with Crippen LogP contribution in [0.25, 0.3) is 11.1 Å². The van der Waals surface area contributed by atoms with Gasteiger partial charge in [-0.25, -0.2) is 0 Å². The maximum atomic E-state index is 12.7. The van der Waals surface area contributed by atoms with Gasteiger partial charge in [0.15, 0.2) is 0 Å². The van der Waals surface area contributed by atoms with Gasteiger partial charge in [-0.1, -0.05) is 43.0 Å². The number of nitrogens with one attached hydrogen (secondary N) is 2. The predicted octanol–water partition coefficient (Wildman–Crippen LogP) is 4.49. The number of amides is 2. The molecule has 0 saturated heterocycles. The Hall–Kier alpha value is -1.85. The van der Waals surface area contributed by atoms with Crippen LogP contribution in [0, 0.1) is 5.92 Å². The van der Waals surface area contributed by atoms with Crippen molar-refractivity contribution >= 4 is 34.8 Å². The molecule has 4 nitrogen and oxygen atoms in total. The molecule has 0 bridgehead atoms. The molecule has 1 aromatic heterocycles. The van der Waals surface area contributed by atoms with Crippen LogP contribution in [0.3, 0.4) is 0 Å². The predicted molar refractivity (Wildman–Crippen MR) is 107 cm³/mol. The van der Waals surface area contributed by atoms with E-state index >= 15 is 0 Å². The van der Waals surface area contributed by atoms with Gasteiger partial charge in [0.25, 0.3) is 5.91 Å². The van der Waals surface area contributed by atoms with Crippen LogP contribution >= 0.6 is 22.9 Å². The molecule has 1 fully saturated rings. The molecule has 1 aliphatic carbocycles. The van der Waals surface area contributed by atoms with E-state index < -0.39 is 6.04 Å². The first-order chi connectivity index (χ1) is 12.6. The minimum absolute atomic E-state index is 0.111. The molecule has 1 unspecified atom stereocenters. The lowest BCUT2D eigenvalue weighted by Crippen LogP contribution is -2.50. The van der Waals surface area contributed by atoms with Crippen LogP contribution in [0.15, 0.2) is 35.7 Å². The van der Waals surface area contributed by atoms with Gasteiger partial charge in [0, 0.05) is 12.1 Å². The van der Waals surface area contributed by atoms with Crippen LogP contribution in [0.4, 0.5) is 0 Å². The van der Waals surface area contributed by atoms with Crippen molar-refractivity contribution < 1.29 is 9.59 Å². The van der Waals surface area contributed by atoms with Gasteiger partial charge in [-0.3, -0.25) is 9.59 Å². The SMILES string of the molecule is CNC(=O)C(NC(=O)c1cc(-c2ccc(Cl)cc2)cs1)C1CCCCC1. The van der Waals surface area contributed by atoms with Crippen molar-refractivity contribution in [3.8, 4) is 11.1 Å². The molecule has 1 saturated carbocycles. The van der Waals surface area contributed by atoms with Crippen molar-refractivity contribution in [2.45, 2.75) is 38.1 Å². The van der Waals surface area contributed by atoms with Gasteiger partial charge >= 0.3 is 0 Å². The Kier molecular flexibility index (Phi) is 6.33. The van der Waals surface area contributed by atoms with Gasteiger partial charge in [0.05, 0.1) is 4.88 Å². The average molecular weight is 391 g/mol. The van der Waals surface area contributed by atoms with E-state index in [4.69, 9.17) is 11.6 Å². The fourth-order valence-corrected chi connectivity index (χ4v) is 4.43. The number of hydrogen-bond donors (Lipinski definition) is 2. The summed E-state index contributed by atoms with van der Waals surface area (Å²) in [6.07, 6.45) is 5.42. The molecule has 2 N–H and O–H groups in total. The number of benzene rings is 1. The van der Waals surface area contributed by atoms with Gasteiger partial charge in [0.2, 0.25) is 5.91 Å². The summed E-state index contributed by atoms with van der Waals surface area (Å²) >= 11 is 7.32. The van der Waals surface area contributed by atoms with Crippen LogP contribution in [-0.2, 0) is 4.79 Å². The molecule has 0 spiro atoms. The molecule has 2 aromatic rings. The van der Waals surface area contributed by atoms with E-state index in [0.717, 1.165) is 36.8 Å². The van der Waals surface area contributed by atoms with Gasteiger partial charge in [-0.05, 0) is 53.5 Å². The fourth-order valence-electron chi connectivity index (χ4n) is 3.48. The van der Waals surface area contributed by atoms with Crippen molar-refractivity contribution in [2.24, 2.45) is 5.92 Å². The summed E-state index contributed by atoms with van der Waals surface area (Å²) in [7, 11) is 1.62. The summed E-state index contributed by atoms with van der Waals surface area (Å²) in [6, 6.07) is 8.93. The highest BCUT2D eigenvalue weighted by molar-refractivity contribution is 7.12. The van der Waals surface area contributed by atoms with E-state index in [9.17, 15) is 9.59 Å². The number of thiophene rings is 1. The van der Waals surface area contributed by atoms with Crippen LogP contribution in [0.2, 0.25) is 5.02 Å². The standard InChI is InChI=1S/C20H23ClN2O2S/c1-22-20(25)18(14-5-3-2-4-6-14)23-19(24)17-11-15(12-26-17)13-7-9-16(21)10-8-13/h7-12,14,18H,2-6H2,1H3,(H,22,25)(H,23,24). The Balaban J connectivity index is 1.73. The van der Waals surface area contributed by atoms with Gasteiger partial charge < -0.3 is 10.6 Å². The average Bonchev–Trinajstić information content (AvgIpc) is 3.17. The highest BCUT2D eigenvalue weighted by Gasteiger charge is 2.30. The van der Waals surface area contributed by atoms with Gasteiger partial charge in [0.1, 0.15) is 6.04 Å². The van der Waals surface area contributed by atoms with Crippen molar-refractivity contribution in [2.75, 3.05) is 7.05 Å². The highest BCUT2D eigenvalue weighted by atomic mass is 35.5. The second-order valence-electron chi connectivity index (χ2n) is 6.67. The number of hydrogen-bond acceptors (Lipinski definition) is 3. The molecule has 1 aliphatic rings. The lowest BCUT2D eigenvalue weighted by molar-refractivity contribution is -0.124. The zero-order valence-corrected chi connectivity index (χ0v) is 16.3. The topological polar surface area (TPSA) is 58.2 Å². The summed E-state index contributed by atoms with van der Waals surface area (Å²) in [5, 5.41) is 8.29. The molecular weight excluding hydrogens is 368 g/mol. The number of carbonyl (C=O) groups is 2. The molecule has 138 valence electrons. The highest BCUT2D eigenvalue weighted by Crippen LogP contribution is 2.29. The molecular formula is C20H23ClN2O2S. The maximum Gasteiger partial charge on any atom is 0.262 e. The van der Waals surface area contributed by atoms with Crippen molar-refractivity contribution in [1.29, 1.82) is 0 Å². The van der Waals surface area contributed by atoms with E-state index in [1.807, 2.05) is 35.7 Å². The molecule has 1 heterocycles. The van der Waals surface area contributed by atoms with E-state index in [2.05, 4.69) is 10.6 Å². The Bertz CT molecular complexity index is 766. The molecule has 0 radical (unpaired) electrons. The van der Waals surface area contributed by atoms with Gasteiger partial charge in [-0.2, -0.15) is 0 Å². The number of rotatable bonds is 5. The minimum Gasteiger partial charge on any atom is -0.357 e. The largest absolute Gasteiger partial charge is 0.357 e. The van der Waals surface area contributed by atoms with Gasteiger partial charge in [-0.15, -0.1) is 11.3 Å². The smallest absolute Gasteiger partial charge is 0.262 e. The first-order valence-corrected chi connectivity index (χ1v) is 10.2. The zero-order chi connectivity index (χ0) is 18.5. The summed E-state index contributed by atoms with van der Waals surface area (Å²) in [5.41, 5.74) is 1.99. The lowest BCUT2D eigenvalue weighted by Gasteiger charge is -2.29. The number of likely N-dealkylation sites (N-methyl/N-ethyl adjacent to an activating group) is 1. The Labute approximate surface area is 162 Å². The summed E-state index contributed by atoms with van der Waals surface area (Å²) in [6.45, 7) is 0. The van der Waals surface area contributed by atoms with Crippen molar-refractivity contribution in [1.82, 2.24) is 10.6 Å². The first kappa shape index (κ1) is 18.9. The molecule has 3 rings (SSSR count). The number of carbonyl (C=O) groups excluding carboxylic acids is 2. The first-order valence-electron chi connectivity index (χ1n) is 8.95. The van der Waals surface area contributed by atoms with Crippen LogP contribution in [0.5, 0.6) is 0 Å². The van der Waals surface area contributed by atoms with E-state index in [-0.39, 0.29) is 17.7 Å². The zero-order valence-electron chi connectivity index (χ0n) is 14.8. The third-order valence-electron chi connectivity index (χ3n) is 4.94. The third-order valence-corrected chi connectivity index (χ3v) is 6.12. The Morgan fingerprint density at radius 1 is 1.12 bits per heavy atom. The minimum atomic E-state index is -0.464. The van der Waals surface area contributed by atoms with Crippen LogP contribution in [-0.4, -0.2) is 24.9 Å². The maximum absolute atomic E-state index is 12.7. The molecule has 2 amide bonds. The third kappa shape index (κ3) is 4.46. The molecule has 26 heavy (non-hydrogen) atoms. The van der Waals surface area contributed by atoms with Crippen molar-refractivity contribution in [3.63, 3.8) is 0 Å². The lowest BCUT2D eigenvalue weighted by atomic mass is 9.83. The Morgan fingerprint density at radius 3 is 2.46 bits per heavy atom. The molecule has 1 atom stereocenters. The van der Waals surface area contributed by atoms with Crippen LogP contribution < -0.4 is 10.6 Å². The van der Waals surface area contributed by atoms with E-state index in [1.165, 1.54) is 17.8 Å². The van der Waals surface area contributed by atoms with E-state index in [0.29, 0.717) is 9.90 Å². The fraction of sp³-hybridized carbons (Fsp3) is 0.400. The molecule has 6 heteroatoms.